The van der Waals surface area contributed by atoms with Crippen LogP contribution in [0.15, 0.2) is 36.8 Å². The van der Waals surface area contributed by atoms with E-state index in [1.807, 2.05) is 12.1 Å². The first-order valence-electron chi connectivity index (χ1n) is 9.21. The van der Waals surface area contributed by atoms with E-state index in [4.69, 9.17) is 11.6 Å². The molecule has 0 aliphatic carbocycles. The normalized spacial score (nSPS) is 20.4. The number of halogens is 1. The zero-order valence-corrected chi connectivity index (χ0v) is 15.6. The zero-order valence-electron chi connectivity index (χ0n) is 14.8. The lowest BCUT2D eigenvalue weighted by atomic mass is 9.99. The first-order chi connectivity index (χ1) is 12.7. The summed E-state index contributed by atoms with van der Waals surface area (Å²) in [7, 11) is 0. The van der Waals surface area contributed by atoms with Crippen LogP contribution >= 0.6 is 11.6 Å². The number of benzene rings is 1. The molecule has 2 aliphatic rings. The van der Waals surface area contributed by atoms with Crippen molar-refractivity contribution in [1.82, 2.24) is 19.4 Å². The van der Waals surface area contributed by atoms with Crippen molar-refractivity contribution < 1.29 is 0 Å². The highest BCUT2D eigenvalue weighted by Crippen LogP contribution is 2.38. The van der Waals surface area contributed by atoms with Gasteiger partial charge in [0.2, 0.25) is 0 Å². The average Bonchev–Trinajstić information content (AvgIpc) is 3.23. The fourth-order valence-corrected chi connectivity index (χ4v) is 4.67. The Bertz CT molecular complexity index is 1010. The van der Waals surface area contributed by atoms with Crippen molar-refractivity contribution in [2.24, 2.45) is 0 Å². The van der Waals surface area contributed by atoms with Gasteiger partial charge in [0.1, 0.15) is 6.33 Å². The van der Waals surface area contributed by atoms with E-state index >= 15 is 0 Å². The summed E-state index contributed by atoms with van der Waals surface area (Å²) in [6, 6.07) is 8.88. The van der Waals surface area contributed by atoms with Crippen molar-refractivity contribution in [3.8, 4) is 0 Å². The van der Waals surface area contributed by atoms with Gasteiger partial charge in [-0.25, -0.2) is 9.97 Å². The fourth-order valence-electron chi connectivity index (χ4n) is 4.50. The van der Waals surface area contributed by atoms with Gasteiger partial charge in [-0.2, -0.15) is 0 Å². The highest BCUT2D eigenvalue weighted by atomic mass is 35.5. The summed E-state index contributed by atoms with van der Waals surface area (Å²) in [5.41, 5.74) is 6.19. The third kappa shape index (κ3) is 2.56. The second-order valence-corrected chi connectivity index (χ2v) is 7.77. The molecule has 26 heavy (non-hydrogen) atoms. The van der Waals surface area contributed by atoms with Crippen molar-refractivity contribution in [3.05, 3.63) is 58.8 Å². The molecule has 5 rings (SSSR count). The van der Waals surface area contributed by atoms with E-state index in [0.717, 1.165) is 29.3 Å². The molecule has 1 unspecified atom stereocenters. The van der Waals surface area contributed by atoms with Crippen LogP contribution in [0, 0.1) is 0 Å². The SMILES string of the molecule is C/C(=C\n1c2c(c3cc(Cl)ccc31)CN1CCCC1C2)c1ccncn1. The molecule has 5 heteroatoms. The van der Waals surface area contributed by atoms with Gasteiger partial charge in [0.15, 0.2) is 0 Å². The van der Waals surface area contributed by atoms with E-state index < -0.39 is 0 Å². The van der Waals surface area contributed by atoms with Gasteiger partial charge in [-0.15, -0.1) is 0 Å². The molecular weight excluding hydrogens is 344 g/mol. The second-order valence-electron chi connectivity index (χ2n) is 7.33. The van der Waals surface area contributed by atoms with Gasteiger partial charge in [0.05, 0.1) is 11.2 Å². The quantitative estimate of drug-likeness (QED) is 0.665. The van der Waals surface area contributed by atoms with Gasteiger partial charge in [0, 0.05) is 47.5 Å². The summed E-state index contributed by atoms with van der Waals surface area (Å²) in [4.78, 5) is 11.1. The molecule has 3 aromatic rings. The summed E-state index contributed by atoms with van der Waals surface area (Å²) in [5, 5.41) is 2.09. The predicted molar refractivity (Wildman–Crippen MR) is 106 cm³/mol. The predicted octanol–water partition coefficient (Wildman–Crippen LogP) is 4.62. The molecule has 4 heterocycles. The molecule has 2 aliphatic heterocycles. The standard InChI is InChI=1S/C21H21ClN4/c1-14(19-6-7-23-13-24-19)11-26-20-5-4-15(22)9-17(20)18-12-25-8-2-3-16(25)10-21(18)26/h4-7,9,11,13,16H,2-3,8,10,12H2,1H3/b14-11+. The van der Waals surface area contributed by atoms with Gasteiger partial charge in [-0.3, -0.25) is 4.90 Å². The number of nitrogens with zero attached hydrogens (tertiary/aromatic N) is 4. The van der Waals surface area contributed by atoms with Gasteiger partial charge in [-0.1, -0.05) is 11.6 Å². The zero-order chi connectivity index (χ0) is 17.7. The summed E-state index contributed by atoms with van der Waals surface area (Å²) in [6.07, 6.45) is 9.34. The van der Waals surface area contributed by atoms with Gasteiger partial charge >= 0.3 is 0 Å². The van der Waals surface area contributed by atoms with Crippen LogP contribution in [0.3, 0.4) is 0 Å². The van der Waals surface area contributed by atoms with Crippen LogP contribution in [-0.4, -0.2) is 32.0 Å². The molecule has 132 valence electrons. The minimum Gasteiger partial charge on any atom is -0.320 e. The van der Waals surface area contributed by atoms with Crippen molar-refractivity contribution in [2.45, 2.75) is 38.8 Å². The maximum atomic E-state index is 6.33. The number of allylic oxidation sites excluding steroid dienone is 1. The highest BCUT2D eigenvalue weighted by Gasteiger charge is 2.33. The molecule has 4 nitrogen and oxygen atoms in total. The third-order valence-corrected chi connectivity index (χ3v) is 6.02. The summed E-state index contributed by atoms with van der Waals surface area (Å²) in [6.45, 7) is 4.36. The van der Waals surface area contributed by atoms with Crippen molar-refractivity contribution in [3.63, 3.8) is 0 Å². The molecule has 0 amide bonds. The van der Waals surface area contributed by atoms with Crippen LogP contribution in [0.2, 0.25) is 5.02 Å². The summed E-state index contributed by atoms with van der Waals surface area (Å²) < 4.78 is 2.37. The minimum atomic E-state index is 0.675. The van der Waals surface area contributed by atoms with E-state index in [2.05, 4.69) is 44.7 Å². The van der Waals surface area contributed by atoms with Crippen LogP contribution < -0.4 is 0 Å². The lowest BCUT2D eigenvalue weighted by molar-refractivity contribution is 0.226. The Kier molecular flexibility index (Phi) is 3.84. The van der Waals surface area contributed by atoms with Gasteiger partial charge < -0.3 is 4.57 Å². The average molecular weight is 365 g/mol. The number of hydrogen-bond donors (Lipinski definition) is 0. The molecular formula is C21H21ClN4. The Labute approximate surface area is 158 Å². The molecule has 1 atom stereocenters. The lowest BCUT2D eigenvalue weighted by Crippen LogP contribution is -2.35. The van der Waals surface area contributed by atoms with E-state index in [1.165, 1.54) is 41.5 Å². The molecule has 0 bridgehead atoms. The van der Waals surface area contributed by atoms with E-state index in [9.17, 15) is 0 Å². The topological polar surface area (TPSA) is 34.0 Å². The lowest BCUT2D eigenvalue weighted by Gasteiger charge is -2.30. The maximum Gasteiger partial charge on any atom is 0.116 e. The van der Waals surface area contributed by atoms with Gasteiger partial charge in [-0.05, 0) is 61.7 Å². The molecule has 0 radical (unpaired) electrons. The number of hydrogen-bond acceptors (Lipinski definition) is 3. The Morgan fingerprint density at radius 1 is 1.31 bits per heavy atom. The third-order valence-electron chi connectivity index (χ3n) is 5.78. The monoisotopic (exact) mass is 364 g/mol. The van der Waals surface area contributed by atoms with E-state index in [-0.39, 0.29) is 0 Å². The Morgan fingerprint density at radius 3 is 3.08 bits per heavy atom. The molecule has 0 N–H and O–H groups in total. The summed E-state index contributed by atoms with van der Waals surface area (Å²) in [5.74, 6) is 0. The number of fused-ring (bicyclic) bond motifs is 4. The first-order valence-corrected chi connectivity index (χ1v) is 9.58. The Hall–Kier alpha value is -2.17. The number of rotatable bonds is 2. The van der Waals surface area contributed by atoms with Crippen molar-refractivity contribution >= 4 is 34.3 Å². The number of aromatic nitrogens is 3. The van der Waals surface area contributed by atoms with Gasteiger partial charge in [0.25, 0.3) is 0 Å². The van der Waals surface area contributed by atoms with E-state index in [1.54, 1.807) is 12.5 Å². The molecule has 0 spiro atoms. The molecule has 0 saturated carbocycles. The Morgan fingerprint density at radius 2 is 2.23 bits per heavy atom. The van der Waals surface area contributed by atoms with Crippen molar-refractivity contribution in [2.75, 3.05) is 6.54 Å². The molecule has 1 aromatic carbocycles. The first kappa shape index (κ1) is 16.0. The maximum absolute atomic E-state index is 6.33. The molecule has 1 fully saturated rings. The van der Waals surface area contributed by atoms with Crippen LogP contribution in [0.5, 0.6) is 0 Å². The fraction of sp³-hybridized carbons (Fsp3) is 0.333. The van der Waals surface area contributed by atoms with Crippen LogP contribution in [0.4, 0.5) is 0 Å². The van der Waals surface area contributed by atoms with Crippen LogP contribution in [0.1, 0.15) is 36.7 Å². The molecule has 1 saturated heterocycles. The second kappa shape index (κ2) is 6.22. The Balaban J connectivity index is 1.70. The van der Waals surface area contributed by atoms with Crippen LogP contribution in [-0.2, 0) is 13.0 Å². The summed E-state index contributed by atoms with van der Waals surface area (Å²) >= 11 is 6.33. The largest absolute Gasteiger partial charge is 0.320 e. The van der Waals surface area contributed by atoms with Crippen molar-refractivity contribution in [1.29, 1.82) is 0 Å². The smallest absolute Gasteiger partial charge is 0.116 e. The highest BCUT2D eigenvalue weighted by molar-refractivity contribution is 6.31. The van der Waals surface area contributed by atoms with E-state index in [0.29, 0.717) is 6.04 Å². The molecule has 2 aromatic heterocycles. The van der Waals surface area contributed by atoms with Crippen LogP contribution in [0.25, 0.3) is 22.7 Å². The minimum absolute atomic E-state index is 0.675.